The minimum atomic E-state index is -0.958. The standard InChI is InChI=1S/C13H16N2O4.ClH/c16-12(17)11-8-15(7-6-14-11)13(18)19-9-10-4-2-1-3-5-10;/h1-5,11,14H,6-9H2,(H,16,17);1H/t11-;/m0./s1. The molecule has 1 aliphatic heterocycles. The number of benzene rings is 1. The van der Waals surface area contributed by atoms with Crippen molar-refractivity contribution in [3.8, 4) is 0 Å². The van der Waals surface area contributed by atoms with Crippen LogP contribution in [0.4, 0.5) is 4.79 Å². The first-order chi connectivity index (χ1) is 9.16. The van der Waals surface area contributed by atoms with Crippen molar-refractivity contribution < 1.29 is 19.4 Å². The summed E-state index contributed by atoms with van der Waals surface area (Å²) in [7, 11) is 0. The van der Waals surface area contributed by atoms with E-state index in [1.807, 2.05) is 30.3 Å². The minimum Gasteiger partial charge on any atom is -0.480 e. The summed E-state index contributed by atoms with van der Waals surface area (Å²) in [6.45, 7) is 1.24. The Hall–Kier alpha value is -1.79. The molecule has 0 radical (unpaired) electrons. The Balaban J connectivity index is 0.00000200. The third-order valence-corrected chi connectivity index (χ3v) is 2.94. The molecule has 7 heteroatoms. The Kier molecular flexibility index (Phi) is 6.27. The quantitative estimate of drug-likeness (QED) is 0.874. The van der Waals surface area contributed by atoms with Gasteiger partial charge in [0.05, 0.1) is 6.54 Å². The van der Waals surface area contributed by atoms with E-state index in [4.69, 9.17) is 9.84 Å². The molecule has 6 nitrogen and oxygen atoms in total. The van der Waals surface area contributed by atoms with E-state index >= 15 is 0 Å². The number of rotatable bonds is 3. The van der Waals surface area contributed by atoms with Gasteiger partial charge in [0, 0.05) is 13.1 Å². The lowest BCUT2D eigenvalue weighted by molar-refractivity contribution is -0.140. The van der Waals surface area contributed by atoms with Crippen LogP contribution in [0, 0.1) is 0 Å². The van der Waals surface area contributed by atoms with Crippen LogP contribution in [0.15, 0.2) is 30.3 Å². The predicted molar refractivity (Wildman–Crippen MR) is 74.9 cm³/mol. The highest BCUT2D eigenvalue weighted by molar-refractivity contribution is 5.85. The summed E-state index contributed by atoms with van der Waals surface area (Å²) in [6, 6.07) is 8.64. The first-order valence-electron chi connectivity index (χ1n) is 6.08. The number of hydrogen-bond acceptors (Lipinski definition) is 4. The van der Waals surface area contributed by atoms with Crippen LogP contribution in [-0.2, 0) is 16.1 Å². The Bertz CT molecular complexity index is 455. The highest BCUT2D eigenvalue weighted by Gasteiger charge is 2.28. The van der Waals surface area contributed by atoms with E-state index in [2.05, 4.69) is 5.32 Å². The maximum absolute atomic E-state index is 11.8. The third-order valence-electron chi connectivity index (χ3n) is 2.94. The fourth-order valence-corrected chi connectivity index (χ4v) is 1.89. The highest BCUT2D eigenvalue weighted by Crippen LogP contribution is 2.06. The van der Waals surface area contributed by atoms with E-state index < -0.39 is 18.1 Å². The zero-order valence-corrected chi connectivity index (χ0v) is 11.6. The molecule has 1 aromatic carbocycles. The summed E-state index contributed by atoms with van der Waals surface area (Å²) in [5.74, 6) is -0.958. The van der Waals surface area contributed by atoms with Crippen molar-refractivity contribution in [3.63, 3.8) is 0 Å². The van der Waals surface area contributed by atoms with Gasteiger partial charge in [-0.2, -0.15) is 0 Å². The number of piperazine rings is 1. The van der Waals surface area contributed by atoms with Crippen LogP contribution in [0.1, 0.15) is 5.56 Å². The number of amides is 1. The van der Waals surface area contributed by atoms with Gasteiger partial charge in [-0.15, -0.1) is 12.4 Å². The smallest absolute Gasteiger partial charge is 0.410 e. The van der Waals surface area contributed by atoms with Gasteiger partial charge in [-0.25, -0.2) is 4.79 Å². The number of carboxylic acid groups (broad SMARTS) is 1. The maximum atomic E-state index is 11.8. The largest absolute Gasteiger partial charge is 0.480 e. The number of hydrogen-bond donors (Lipinski definition) is 2. The molecule has 20 heavy (non-hydrogen) atoms. The summed E-state index contributed by atoms with van der Waals surface area (Å²) in [4.78, 5) is 24.1. The second kappa shape index (κ2) is 7.72. The molecule has 1 aromatic rings. The van der Waals surface area contributed by atoms with Gasteiger partial charge in [0.15, 0.2) is 0 Å². The minimum absolute atomic E-state index is 0. The van der Waals surface area contributed by atoms with Crippen LogP contribution < -0.4 is 5.32 Å². The number of aliphatic carboxylic acids is 1. The molecule has 0 spiro atoms. The Morgan fingerprint density at radius 2 is 2.05 bits per heavy atom. The van der Waals surface area contributed by atoms with Crippen molar-refractivity contribution in [2.45, 2.75) is 12.6 Å². The summed E-state index contributed by atoms with van der Waals surface area (Å²) < 4.78 is 5.16. The van der Waals surface area contributed by atoms with Gasteiger partial charge in [0.1, 0.15) is 12.6 Å². The van der Waals surface area contributed by atoms with E-state index in [-0.39, 0.29) is 25.6 Å². The molecule has 0 bridgehead atoms. The van der Waals surface area contributed by atoms with Crippen molar-refractivity contribution in [2.75, 3.05) is 19.6 Å². The molecule has 1 aliphatic rings. The second-order valence-corrected chi connectivity index (χ2v) is 4.33. The van der Waals surface area contributed by atoms with Crippen molar-refractivity contribution >= 4 is 24.5 Å². The normalized spacial score (nSPS) is 18.0. The van der Waals surface area contributed by atoms with Gasteiger partial charge in [-0.05, 0) is 5.56 Å². The molecule has 0 aromatic heterocycles. The molecule has 0 aliphatic carbocycles. The van der Waals surface area contributed by atoms with Gasteiger partial charge in [-0.1, -0.05) is 30.3 Å². The van der Waals surface area contributed by atoms with Crippen LogP contribution in [0.25, 0.3) is 0 Å². The topological polar surface area (TPSA) is 78.9 Å². The molecule has 0 saturated carbocycles. The molecule has 1 amide bonds. The van der Waals surface area contributed by atoms with Gasteiger partial charge in [0.2, 0.25) is 0 Å². The number of ether oxygens (including phenoxy) is 1. The molecular formula is C13H17ClN2O4. The van der Waals surface area contributed by atoms with E-state index in [0.717, 1.165) is 5.56 Å². The predicted octanol–water partition coefficient (Wildman–Crippen LogP) is 1.10. The molecule has 1 fully saturated rings. The van der Waals surface area contributed by atoms with Gasteiger partial charge >= 0.3 is 12.1 Å². The summed E-state index contributed by atoms with van der Waals surface area (Å²) >= 11 is 0. The van der Waals surface area contributed by atoms with Gasteiger partial charge in [0.25, 0.3) is 0 Å². The zero-order chi connectivity index (χ0) is 13.7. The van der Waals surface area contributed by atoms with E-state index in [1.165, 1.54) is 4.90 Å². The van der Waals surface area contributed by atoms with E-state index in [9.17, 15) is 9.59 Å². The maximum Gasteiger partial charge on any atom is 0.410 e. The molecule has 1 saturated heterocycles. The molecule has 1 heterocycles. The summed E-state index contributed by atoms with van der Waals surface area (Å²) in [5.41, 5.74) is 0.903. The van der Waals surface area contributed by atoms with Gasteiger partial charge < -0.3 is 20.1 Å². The van der Waals surface area contributed by atoms with E-state index in [1.54, 1.807) is 0 Å². The van der Waals surface area contributed by atoms with Crippen molar-refractivity contribution in [1.29, 1.82) is 0 Å². The number of nitrogens with one attached hydrogen (secondary N) is 1. The van der Waals surface area contributed by atoms with Crippen LogP contribution >= 0.6 is 12.4 Å². The first kappa shape index (κ1) is 16.3. The molecule has 2 rings (SSSR count). The fourth-order valence-electron chi connectivity index (χ4n) is 1.89. The number of halogens is 1. The lowest BCUT2D eigenvalue weighted by Gasteiger charge is -2.30. The van der Waals surface area contributed by atoms with E-state index in [0.29, 0.717) is 13.1 Å². The summed E-state index contributed by atoms with van der Waals surface area (Å²) in [6.07, 6.45) is -0.475. The Morgan fingerprint density at radius 1 is 1.35 bits per heavy atom. The van der Waals surface area contributed by atoms with Crippen molar-refractivity contribution in [2.24, 2.45) is 0 Å². The number of nitrogens with zero attached hydrogens (tertiary/aromatic N) is 1. The fraction of sp³-hybridized carbons (Fsp3) is 0.385. The average Bonchev–Trinajstić information content (AvgIpc) is 2.46. The van der Waals surface area contributed by atoms with Crippen LogP contribution in [-0.4, -0.2) is 47.7 Å². The van der Waals surface area contributed by atoms with Gasteiger partial charge in [-0.3, -0.25) is 4.79 Å². The van der Waals surface area contributed by atoms with Crippen molar-refractivity contribution in [3.05, 3.63) is 35.9 Å². The SMILES string of the molecule is Cl.O=C(O)[C@@H]1CN(C(=O)OCc2ccccc2)CCN1. The molecular weight excluding hydrogens is 284 g/mol. The highest BCUT2D eigenvalue weighted by atomic mass is 35.5. The molecule has 1 atom stereocenters. The monoisotopic (exact) mass is 300 g/mol. The van der Waals surface area contributed by atoms with Crippen molar-refractivity contribution in [1.82, 2.24) is 10.2 Å². The van der Waals surface area contributed by atoms with Crippen LogP contribution in [0.2, 0.25) is 0 Å². The summed E-state index contributed by atoms with van der Waals surface area (Å²) in [5, 5.41) is 11.7. The lowest BCUT2D eigenvalue weighted by atomic mass is 10.2. The Labute approximate surface area is 123 Å². The number of carbonyl (C=O) groups excluding carboxylic acids is 1. The second-order valence-electron chi connectivity index (χ2n) is 4.33. The first-order valence-corrected chi connectivity index (χ1v) is 6.08. The molecule has 110 valence electrons. The average molecular weight is 301 g/mol. The number of carbonyl (C=O) groups is 2. The molecule has 2 N–H and O–H groups in total. The number of carboxylic acids is 1. The zero-order valence-electron chi connectivity index (χ0n) is 10.8. The lowest BCUT2D eigenvalue weighted by Crippen LogP contribution is -2.55. The van der Waals surface area contributed by atoms with Crippen LogP contribution in [0.5, 0.6) is 0 Å². The third kappa shape index (κ3) is 4.40. The Morgan fingerprint density at radius 3 is 2.70 bits per heavy atom. The van der Waals surface area contributed by atoms with Crippen LogP contribution in [0.3, 0.4) is 0 Å². The molecule has 0 unspecified atom stereocenters.